The molecule has 0 saturated heterocycles. The summed E-state index contributed by atoms with van der Waals surface area (Å²) in [6.07, 6.45) is 1.58. The molecule has 192 valence electrons. The fraction of sp³-hybridized carbons (Fsp3) is 0.185. The summed E-state index contributed by atoms with van der Waals surface area (Å²) >= 11 is 7.75. The molecule has 1 atom stereocenters. The molecule has 0 aliphatic rings. The highest BCUT2D eigenvalue weighted by molar-refractivity contribution is 7.99. The standard InChI is InChI=1S/C27H27ClN3O4PS/c1-3-34-36(33,35-4-2)26(20-11-7-5-8-12-20)30-21-15-17-23(18-16-21)37-24-19-29-31(27(32)25(24)28)22-13-9-6-10-14-22/h5-19,26,30H,3-4H2,1-2H3. The van der Waals surface area contributed by atoms with E-state index in [2.05, 4.69) is 10.4 Å². The number of rotatable bonds is 11. The van der Waals surface area contributed by atoms with Crippen molar-refractivity contribution in [2.75, 3.05) is 18.5 Å². The second-order valence-electron chi connectivity index (χ2n) is 7.83. The molecule has 0 fully saturated rings. The minimum absolute atomic E-state index is 0.101. The van der Waals surface area contributed by atoms with E-state index in [9.17, 15) is 9.36 Å². The van der Waals surface area contributed by atoms with E-state index in [1.807, 2.05) is 72.8 Å². The summed E-state index contributed by atoms with van der Waals surface area (Å²) in [6, 6.07) is 26.1. The van der Waals surface area contributed by atoms with Crippen LogP contribution in [0, 0.1) is 0 Å². The molecule has 10 heteroatoms. The van der Waals surface area contributed by atoms with E-state index in [4.69, 9.17) is 20.6 Å². The quantitative estimate of drug-likeness (QED) is 0.193. The normalized spacial score (nSPS) is 12.3. The lowest BCUT2D eigenvalue weighted by Gasteiger charge is -2.28. The molecule has 7 nitrogen and oxygen atoms in total. The number of benzene rings is 3. The Labute approximate surface area is 225 Å². The number of para-hydroxylation sites is 1. The number of hydrogen-bond donors (Lipinski definition) is 1. The lowest BCUT2D eigenvalue weighted by Crippen LogP contribution is -2.21. The van der Waals surface area contributed by atoms with Crippen molar-refractivity contribution in [1.29, 1.82) is 0 Å². The molecule has 0 amide bonds. The van der Waals surface area contributed by atoms with Gasteiger partial charge in [0.15, 0.2) is 5.78 Å². The zero-order valence-electron chi connectivity index (χ0n) is 20.4. The zero-order chi connectivity index (χ0) is 26.3. The van der Waals surface area contributed by atoms with E-state index in [0.29, 0.717) is 10.6 Å². The van der Waals surface area contributed by atoms with E-state index < -0.39 is 13.4 Å². The Morgan fingerprint density at radius 3 is 2.14 bits per heavy atom. The fourth-order valence-electron chi connectivity index (χ4n) is 3.67. The van der Waals surface area contributed by atoms with Crippen molar-refractivity contribution in [2.24, 2.45) is 0 Å². The maximum atomic E-state index is 13.7. The number of aromatic nitrogens is 2. The van der Waals surface area contributed by atoms with Crippen LogP contribution in [0.25, 0.3) is 5.69 Å². The van der Waals surface area contributed by atoms with Gasteiger partial charge in [0.2, 0.25) is 0 Å². The summed E-state index contributed by atoms with van der Waals surface area (Å²) in [7, 11) is -3.50. The molecule has 0 radical (unpaired) electrons. The highest BCUT2D eigenvalue weighted by Crippen LogP contribution is 2.60. The molecule has 1 N–H and O–H groups in total. The van der Waals surface area contributed by atoms with Crippen molar-refractivity contribution >= 4 is 36.6 Å². The molecular formula is C27H27ClN3O4PS. The predicted octanol–water partition coefficient (Wildman–Crippen LogP) is 7.41. The zero-order valence-corrected chi connectivity index (χ0v) is 22.9. The first-order valence-electron chi connectivity index (χ1n) is 11.8. The van der Waals surface area contributed by atoms with Gasteiger partial charge in [-0.1, -0.05) is 71.9 Å². The van der Waals surface area contributed by atoms with Gasteiger partial charge in [0.1, 0.15) is 5.02 Å². The van der Waals surface area contributed by atoms with Crippen LogP contribution in [0.4, 0.5) is 5.69 Å². The van der Waals surface area contributed by atoms with Crippen LogP contribution in [0.3, 0.4) is 0 Å². The van der Waals surface area contributed by atoms with Crippen LogP contribution in [0.5, 0.6) is 0 Å². The highest BCUT2D eigenvalue weighted by Gasteiger charge is 2.37. The average molecular weight is 556 g/mol. The maximum absolute atomic E-state index is 13.7. The average Bonchev–Trinajstić information content (AvgIpc) is 2.92. The topological polar surface area (TPSA) is 82.4 Å². The second kappa shape index (κ2) is 12.6. The lowest BCUT2D eigenvalue weighted by atomic mass is 10.2. The van der Waals surface area contributed by atoms with Crippen molar-refractivity contribution in [3.63, 3.8) is 0 Å². The van der Waals surface area contributed by atoms with Crippen LogP contribution in [0.15, 0.2) is 106 Å². The third kappa shape index (κ3) is 6.53. The number of hydrogen-bond acceptors (Lipinski definition) is 7. The molecule has 0 bridgehead atoms. The molecule has 37 heavy (non-hydrogen) atoms. The van der Waals surface area contributed by atoms with Gasteiger partial charge in [0, 0.05) is 10.6 Å². The summed E-state index contributed by atoms with van der Waals surface area (Å²) in [5, 5.41) is 7.72. The highest BCUT2D eigenvalue weighted by atomic mass is 35.5. The van der Waals surface area contributed by atoms with E-state index in [1.54, 1.807) is 32.2 Å². The summed E-state index contributed by atoms with van der Waals surface area (Å²) in [4.78, 5) is 14.2. The smallest absolute Gasteiger partial charge is 0.357 e. The second-order valence-corrected chi connectivity index (χ2v) is 11.4. The van der Waals surface area contributed by atoms with Gasteiger partial charge in [-0.3, -0.25) is 9.36 Å². The third-order valence-corrected chi connectivity index (χ3v) is 9.13. The molecule has 0 spiro atoms. The van der Waals surface area contributed by atoms with Gasteiger partial charge in [0.25, 0.3) is 5.56 Å². The summed E-state index contributed by atoms with van der Waals surface area (Å²) < 4.78 is 26.2. The van der Waals surface area contributed by atoms with Crippen LogP contribution < -0.4 is 10.9 Å². The maximum Gasteiger partial charge on any atom is 0.357 e. The molecule has 0 aliphatic carbocycles. The van der Waals surface area contributed by atoms with Crippen molar-refractivity contribution in [3.05, 3.63) is 112 Å². The Morgan fingerprint density at radius 2 is 1.54 bits per heavy atom. The van der Waals surface area contributed by atoms with E-state index in [1.165, 1.54) is 16.4 Å². The van der Waals surface area contributed by atoms with Crippen molar-refractivity contribution in [2.45, 2.75) is 29.4 Å². The van der Waals surface area contributed by atoms with Crippen molar-refractivity contribution in [3.8, 4) is 5.69 Å². The molecule has 3 aromatic carbocycles. The Bertz CT molecular complexity index is 1410. The third-order valence-electron chi connectivity index (χ3n) is 5.32. The number of nitrogens with one attached hydrogen (secondary N) is 1. The monoisotopic (exact) mass is 555 g/mol. The van der Waals surface area contributed by atoms with Crippen LogP contribution in [0.2, 0.25) is 5.02 Å². The molecule has 1 unspecified atom stereocenters. The van der Waals surface area contributed by atoms with Crippen LogP contribution in [-0.4, -0.2) is 23.0 Å². The largest absolute Gasteiger partial charge is 0.368 e. The molecule has 0 aliphatic heterocycles. The minimum Gasteiger partial charge on any atom is -0.368 e. The van der Waals surface area contributed by atoms with Gasteiger partial charge >= 0.3 is 7.60 Å². The van der Waals surface area contributed by atoms with Crippen LogP contribution >= 0.6 is 31.0 Å². The number of halogens is 1. The predicted molar refractivity (Wildman–Crippen MR) is 149 cm³/mol. The SMILES string of the molecule is CCOP(=O)(OCC)C(Nc1ccc(Sc2cnn(-c3ccccc3)c(=O)c2Cl)cc1)c1ccccc1. The first-order chi connectivity index (χ1) is 17.9. The number of nitrogens with zero attached hydrogens (tertiary/aromatic N) is 2. The van der Waals surface area contributed by atoms with Crippen molar-refractivity contribution in [1.82, 2.24) is 9.78 Å². The van der Waals surface area contributed by atoms with Gasteiger partial charge in [-0.15, -0.1) is 0 Å². The molecule has 4 rings (SSSR count). The van der Waals surface area contributed by atoms with Crippen LogP contribution in [0.1, 0.15) is 25.2 Å². The molecule has 1 heterocycles. The van der Waals surface area contributed by atoms with Gasteiger partial charge in [0.05, 0.1) is 30.0 Å². The fourth-order valence-corrected chi connectivity index (χ4v) is 6.66. The van der Waals surface area contributed by atoms with E-state index in [0.717, 1.165) is 16.1 Å². The summed E-state index contributed by atoms with van der Waals surface area (Å²) in [6.45, 7) is 4.10. The van der Waals surface area contributed by atoms with E-state index in [-0.39, 0.29) is 23.8 Å². The Morgan fingerprint density at radius 1 is 0.946 bits per heavy atom. The first-order valence-corrected chi connectivity index (χ1v) is 14.6. The molecule has 1 aromatic heterocycles. The van der Waals surface area contributed by atoms with Crippen LogP contribution in [-0.2, 0) is 13.6 Å². The van der Waals surface area contributed by atoms with Gasteiger partial charge in [-0.25, -0.2) is 0 Å². The Hall–Kier alpha value is -2.87. The van der Waals surface area contributed by atoms with Gasteiger partial charge < -0.3 is 14.4 Å². The molecule has 0 saturated carbocycles. The number of anilines is 1. The molecule has 4 aromatic rings. The summed E-state index contributed by atoms with van der Waals surface area (Å²) in [5.41, 5.74) is 1.79. The molecular weight excluding hydrogens is 529 g/mol. The van der Waals surface area contributed by atoms with Gasteiger partial charge in [-0.05, 0) is 55.8 Å². The van der Waals surface area contributed by atoms with Crippen molar-refractivity contribution < 1.29 is 13.6 Å². The first kappa shape index (κ1) is 27.2. The Balaban J connectivity index is 1.55. The summed E-state index contributed by atoms with van der Waals surface area (Å²) in [5.74, 6) is -0.684. The lowest BCUT2D eigenvalue weighted by molar-refractivity contribution is 0.214. The van der Waals surface area contributed by atoms with Gasteiger partial charge in [-0.2, -0.15) is 9.78 Å². The van der Waals surface area contributed by atoms with E-state index >= 15 is 0 Å². The minimum atomic E-state index is -3.50. The Kier molecular flexibility index (Phi) is 9.24.